The lowest BCUT2D eigenvalue weighted by Gasteiger charge is -2.29. The van der Waals surface area contributed by atoms with E-state index in [1.807, 2.05) is 6.92 Å². The van der Waals surface area contributed by atoms with Gasteiger partial charge in [0.15, 0.2) is 5.78 Å². The molecule has 0 aromatic rings. The van der Waals surface area contributed by atoms with Gasteiger partial charge in [-0.15, -0.1) is 0 Å². The van der Waals surface area contributed by atoms with Crippen molar-refractivity contribution in [1.82, 2.24) is 0 Å². The average Bonchev–Trinajstić information content (AvgIpc) is 2.36. The molecule has 0 heterocycles. The maximum Gasteiger partial charge on any atom is 0.161 e. The third kappa shape index (κ3) is 5.51. The van der Waals surface area contributed by atoms with E-state index in [1.165, 1.54) is 32.1 Å². The molecule has 0 amide bonds. The molecule has 0 aromatic carbocycles. The van der Waals surface area contributed by atoms with Gasteiger partial charge in [-0.3, -0.25) is 4.79 Å². The molecule has 106 valence electrons. The number of carbonyl (C=O) groups excluding carboxylic acids is 1. The van der Waals surface area contributed by atoms with Crippen LogP contribution in [0.15, 0.2) is 0 Å². The lowest BCUT2D eigenvalue weighted by Crippen LogP contribution is -2.34. The smallest absolute Gasteiger partial charge is 0.161 e. The Bertz CT molecular complexity index is 229. The molecule has 0 bridgehead atoms. The molecule has 1 aliphatic rings. The molecule has 1 rings (SSSR count). The molecule has 0 radical (unpaired) electrons. The number of hydrogen-bond donors (Lipinski definition) is 0. The van der Waals surface area contributed by atoms with E-state index in [1.54, 1.807) is 0 Å². The largest absolute Gasteiger partial charge is 0.370 e. The number of ether oxygens (including phenoxy) is 1. The van der Waals surface area contributed by atoms with Crippen LogP contribution in [0.25, 0.3) is 0 Å². The Morgan fingerprint density at radius 3 is 2.44 bits per heavy atom. The molecule has 2 nitrogen and oxygen atoms in total. The molecule has 1 atom stereocenters. The van der Waals surface area contributed by atoms with Crippen LogP contribution in [0.5, 0.6) is 0 Å². The zero-order chi connectivity index (χ0) is 13.4. The van der Waals surface area contributed by atoms with Crippen LogP contribution in [0.3, 0.4) is 0 Å². The molecule has 0 spiro atoms. The van der Waals surface area contributed by atoms with Crippen molar-refractivity contribution >= 4 is 5.78 Å². The van der Waals surface area contributed by atoms with Gasteiger partial charge >= 0.3 is 0 Å². The van der Waals surface area contributed by atoms with E-state index in [-0.39, 0.29) is 6.10 Å². The minimum atomic E-state index is -0.109. The summed E-state index contributed by atoms with van der Waals surface area (Å²) in [5.74, 6) is 1.53. The van der Waals surface area contributed by atoms with Crippen molar-refractivity contribution < 1.29 is 9.53 Å². The zero-order valence-electron chi connectivity index (χ0n) is 12.4. The lowest BCUT2D eigenvalue weighted by molar-refractivity contribution is -0.135. The van der Waals surface area contributed by atoms with Gasteiger partial charge in [-0.2, -0.15) is 0 Å². The molecular formula is C16H30O2. The van der Waals surface area contributed by atoms with Crippen LogP contribution in [-0.2, 0) is 9.53 Å². The summed E-state index contributed by atoms with van der Waals surface area (Å²) in [7, 11) is 0. The zero-order valence-corrected chi connectivity index (χ0v) is 12.4. The van der Waals surface area contributed by atoms with Crippen LogP contribution in [0.1, 0.15) is 72.1 Å². The van der Waals surface area contributed by atoms with Crippen LogP contribution in [-0.4, -0.2) is 18.5 Å². The second kappa shape index (κ2) is 8.68. The molecule has 1 aliphatic carbocycles. The van der Waals surface area contributed by atoms with Crippen molar-refractivity contribution in [2.45, 2.75) is 78.2 Å². The highest BCUT2D eigenvalue weighted by Crippen LogP contribution is 2.29. The Hall–Kier alpha value is -0.370. The van der Waals surface area contributed by atoms with Crippen molar-refractivity contribution in [3.8, 4) is 0 Å². The van der Waals surface area contributed by atoms with Crippen molar-refractivity contribution in [2.75, 3.05) is 6.61 Å². The van der Waals surface area contributed by atoms with Crippen molar-refractivity contribution in [3.63, 3.8) is 0 Å². The van der Waals surface area contributed by atoms with Gasteiger partial charge in [0.1, 0.15) is 6.10 Å². The van der Waals surface area contributed by atoms with Gasteiger partial charge in [0.2, 0.25) is 0 Å². The lowest BCUT2D eigenvalue weighted by atomic mass is 9.83. The topological polar surface area (TPSA) is 26.3 Å². The first-order chi connectivity index (χ1) is 8.65. The van der Waals surface area contributed by atoms with Gasteiger partial charge in [-0.05, 0) is 38.0 Å². The number of hydrogen-bond acceptors (Lipinski definition) is 2. The normalized spacial score (nSPS) is 19.1. The molecule has 0 aliphatic heterocycles. The summed E-state index contributed by atoms with van der Waals surface area (Å²) in [4.78, 5) is 12.3. The predicted molar refractivity (Wildman–Crippen MR) is 75.7 cm³/mol. The number of Topliss-reactive ketones (excluding diaryl/α,β-unsaturated/α-hetero) is 1. The Labute approximate surface area is 112 Å². The Morgan fingerprint density at radius 2 is 1.89 bits per heavy atom. The number of ketones is 1. The molecule has 2 heteroatoms. The summed E-state index contributed by atoms with van der Waals surface area (Å²) in [6, 6.07) is 0. The average molecular weight is 254 g/mol. The maximum absolute atomic E-state index is 12.3. The monoisotopic (exact) mass is 254 g/mol. The van der Waals surface area contributed by atoms with E-state index in [0.717, 1.165) is 12.8 Å². The first-order valence-corrected chi connectivity index (χ1v) is 7.79. The molecular weight excluding hydrogens is 224 g/mol. The van der Waals surface area contributed by atoms with Gasteiger partial charge < -0.3 is 4.74 Å². The van der Waals surface area contributed by atoms with E-state index >= 15 is 0 Å². The highest BCUT2D eigenvalue weighted by atomic mass is 16.5. The second-order valence-electron chi connectivity index (χ2n) is 6.03. The maximum atomic E-state index is 12.3. The third-order valence-electron chi connectivity index (χ3n) is 3.95. The van der Waals surface area contributed by atoms with Gasteiger partial charge in [0.05, 0.1) is 0 Å². The second-order valence-corrected chi connectivity index (χ2v) is 6.03. The first-order valence-electron chi connectivity index (χ1n) is 7.79. The number of rotatable bonds is 8. The molecule has 1 saturated carbocycles. The van der Waals surface area contributed by atoms with E-state index in [9.17, 15) is 4.79 Å². The summed E-state index contributed by atoms with van der Waals surface area (Å²) in [5, 5.41) is 0. The fourth-order valence-electron chi connectivity index (χ4n) is 2.94. The Kier molecular flexibility index (Phi) is 7.57. The Balaban J connectivity index is 2.41. The SMILES string of the molecule is CCOC(C(=O)CCCC(C)C)C1CCCCC1. The summed E-state index contributed by atoms with van der Waals surface area (Å²) in [6.45, 7) is 7.09. The first kappa shape index (κ1) is 15.7. The van der Waals surface area contributed by atoms with Crippen LogP contribution in [0.4, 0.5) is 0 Å². The van der Waals surface area contributed by atoms with Crippen LogP contribution >= 0.6 is 0 Å². The fraction of sp³-hybridized carbons (Fsp3) is 0.938. The minimum absolute atomic E-state index is 0.109. The quantitative estimate of drug-likeness (QED) is 0.643. The van der Waals surface area contributed by atoms with Crippen LogP contribution < -0.4 is 0 Å². The molecule has 1 unspecified atom stereocenters. The van der Waals surface area contributed by atoms with Gasteiger partial charge in [0.25, 0.3) is 0 Å². The molecule has 0 N–H and O–H groups in total. The predicted octanol–water partition coefficient (Wildman–Crippen LogP) is 4.37. The Morgan fingerprint density at radius 1 is 1.22 bits per heavy atom. The summed E-state index contributed by atoms with van der Waals surface area (Å²) < 4.78 is 5.75. The van der Waals surface area contributed by atoms with Crippen molar-refractivity contribution in [3.05, 3.63) is 0 Å². The summed E-state index contributed by atoms with van der Waals surface area (Å²) >= 11 is 0. The molecule has 0 aromatic heterocycles. The van der Waals surface area contributed by atoms with E-state index in [0.29, 0.717) is 30.6 Å². The number of carbonyl (C=O) groups is 1. The van der Waals surface area contributed by atoms with Gasteiger partial charge in [-0.25, -0.2) is 0 Å². The highest BCUT2D eigenvalue weighted by Gasteiger charge is 2.29. The van der Waals surface area contributed by atoms with Crippen molar-refractivity contribution in [2.24, 2.45) is 11.8 Å². The molecule has 0 saturated heterocycles. The van der Waals surface area contributed by atoms with E-state index in [4.69, 9.17) is 4.74 Å². The standard InChI is InChI=1S/C16H30O2/c1-4-18-16(14-10-6-5-7-11-14)15(17)12-8-9-13(2)3/h13-14,16H,4-12H2,1-3H3. The van der Waals surface area contributed by atoms with Crippen LogP contribution in [0, 0.1) is 11.8 Å². The van der Waals surface area contributed by atoms with Gasteiger partial charge in [-0.1, -0.05) is 39.5 Å². The molecule has 18 heavy (non-hydrogen) atoms. The molecule has 1 fully saturated rings. The summed E-state index contributed by atoms with van der Waals surface area (Å²) in [5.41, 5.74) is 0. The third-order valence-corrected chi connectivity index (χ3v) is 3.95. The van der Waals surface area contributed by atoms with E-state index in [2.05, 4.69) is 13.8 Å². The minimum Gasteiger partial charge on any atom is -0.370 e. The van der Waals surface area contributed by atoms with Crippen molar-refractivity contribution in [1.29, 1.82) is 0 Å². The summed E-state index contributed by atoms with van der Waals surface area (Å²) in [6.07, 6.45) is 9.00. The van der Waals surface area contributed by atoms with Crippen LogP contribution in [0.2, 0.25) is 0 Å². The highest BCUT2D eigenvalue weighted by molar-refractivity contribution is 5.83. The van der Waals surface area contributed by atoms with Gasteiger partial charge in [0, 0.05) is 13.0 Å². The van der Waals surface area contributed by atoms with E-state index < -0.39 is 0 Å². The fourth-order valence-corrected chi connectivity index (χ4v) is 2.94.